The number of benzene rings is 1. The van der Waals surface area contributed by atoms with E-state index >= 15 is 0 Å². The fourth-order valence-electron chi connectivity index (χ4n) is 2.05. The molecule has 96 valence electrons. The van der Waals surface area contributed by atoms with Crippen LogP contribution in [0, 0.1) is 17.2 Å². The van der Waals surface area contributed by atoms with Gasteiger partial charge in [0.25, 0.3) is 0 Å². The molecular formula is C14H13N3O2. The third-order valence-corrected chi connectivity index (χ3v) is 3.09. The van der Waals surface area contributed by atoms with Crippen molar-refractivity contribution in [2.75, 3.05) is 7.05 Å². The number of ketones is 1. The Bertz CT molecular complexity index is 694. The minimum atomic E-state index is -1.31. The van der Waals surface area contributed by atoms with E-state index in [0.29, 0.717) is 5.56 Å². The molecule has 1 aromatic heterocycles. The molecule has 19 heavy (non-hydrogen) atoms. The molecule has 0 aliphatic heterocycles. The molecule has 0 fully saturated rings. The summed E-state index contributed by atoms with van der Waals surface area (Å²) in [5, 5.41) is 12.1. The Kier molecular flexibility index (Phi) is 3.34. The van der Waals surface area contributed by atoms with E-state index in [9.17, 15) is 9.59 Å². The summed E-state index contributed by atoms with van der Waals surface area (Å²) in [7, 11) is 3.28. The van der Waals surface area contributed by atoms with Crippen LogP contribution in [0.1, 0.15) is 10.4 Å². The monoisotopic (exact) mass is 255 g/mol. The molecule has 1 heterocycles. The van der Waals surface area contributed by atoms with E-state index in [4.69, 9.17) is 5.26 Å². The SMILES string of the molecule is CNC(=O)[C@@H](C#N)C(=O)c1cccc2c1ccn2C. The van der Waals surface area contributed by atoms with Crippen LogP contribution in [0.25, 0.3) is 10.9 Å². The molecule has 0 spiro atoms. The van der Waals surface area contributed by atoms with Crippen LogP contribution in [0.4, 0.5) is 0 Å². The number of Topliss-reactive ketones (excluding diaryl/α,β-unsaturated/α-hetero) is 1. The Hall–Kier alpha value is -2.61. The average molecular weight is 255 g/mol. The van der Waals surface area contributed by atoms with Gasteiger partial charge in [-0.3, -0.25) is 9.59 Å². The highest BCUT2D eigenvalue weighted by Gasteiger charge is 2.27. The molecule has 0 unspecified atom stereocenters. The van der Waals surface area contributed by atoms with Crippen molar-refractivity contribution < 1.29 is 9.59 Å². The molecule has 0 radical (unpaired) electrons. The third-order valence-electron chi connectivity index (χ3n) is 3.09. The van der Waals surface area contributed by atoms with Crippen molar-refractivity contribution in [3.63, 3.8) is 0 Å². The lowest BCUT2D eigenvalue weighted by atomic mass is 9.95. The Morgan fingerprint density at radius 1 is 1.37 bits per heavy atom. The van der Waals surface area contributed by atoms with Crippen LogP contribution in [0.2, 0.25) is 0 Å². The van der Waals surface area contributed by atoms with Gasteiger partial charge in [-0.2, -0.15) is 5.26 Å². The summed E-state index contributed by atoms with van der Waals surface area (Å²) in [5.74, 6) is -2.37. The number of fused-ring (bicyclic) bond motifs is 1. The summed E-state index contributed by atoms with van der Waals surface area (Å²) < 4.78 is 1.88. The van der Waals surface area contributed by atoms with Crippen LogP contribution in [0.15, 0.2) is 30.5 Å². The fourth-order valence-corrected chi connectivity index (χ4v) is 2.05. The maximum atomic E-state index is 12.3. The van der Waals surface area contributed by atoms with E-state index in [-0.39, 0.29) is 0 Å². The molecule has 0 bridgehead atoms. The van der Waals surface area contributed by atoms with Crippen LogP contribution in [0.3, 0.4) is 0 Å². The number of amides is 1. The zero-order chi connectivity index (χ0) is 14.0. The van der Waals surface area contributed by atoms with Crippen molar-refractivity contribution >= 4 is 22.6 Å². The van der Waals surface area contributed by atoms with E-state index in [0.717, 1.165) is 10.9 Å². The molecular weight excluding hydrogens is 242 g/mol. The zero-order valence-electron chi connectivity index (χ0n) is 10.7. The first-order valence-electron chi connectivity index (χ1n) is 5.79. The molecule has 1 N–H and O–H groups in total. The van der Waals surface area contributed by atoms with Crippen molar-refractivity contribution in [3.8, 4) is 6.07 Å². The Balaban J connectivity index is 2.53. The van der Waals surface area contributed by atoms with Crippen LogP contribution in [-0.2, 0) is 11.8 Å². The van der Waals surface area contributed by atoms with E-state index < -0.39 is 17.6 Å². The van der Waals surface area contributed by atoms with Gasteiger partial charge >= 0.3 is 0 Å². The highest BCUT2D eigenvalue weighted by atomic mass is 16.2. The largest absolute Gasteiger partial charge is 0.358 e. The van der Waals surface area contributed by atoms with Crippen LogP contribution < -0.4 is 5.32 Å². The number of nitrogens with zero attached hydrogens (tertiary/aromatic N) is 2. The molecule has 1 atom stereocenters. The highest BCUT2D eigenvalue weighted by Crippen LogP contribution is 2.22. The van der Waals surface area contributed by atoms with E-state index in [2.05, 4.69) is 5.32 Å². The summed E-state index contributed by atoms with van der Waals surface area (Å²) in [6.45, 7) is 0. The number of aromatic nitrogens is 1. The summed E-state index contributed by atoms with van der Waals surface area (Å²) in [4.78, 5) is 23.8. The number of carbonyl (C=O) groups is 2. The second kappa shape index (κ2) is 4.94. The van der Waals surface area contributed by atoms with Gasteiger partial charge < -0.3 is 9.88 Å². The van der Waals surface area contributed by atoms with E-state index in [1.807, 2.05) is 23.9 Å². The maximum absolute atomic E-state index is 12.3. The average Bonchev–Trinajstić information content (AvgIpc) is 2.81. The van der Waals surface area contributed by atoms with Crippen molar-refractivity contribution in [1.82, 2.24) is 9.88 Å². The fraction of sp³-hybridized carbons (Fsp3) is 0.214. The summed E-state index contributed by atoms with van der Waals surface area (Å²) in [6, 6.07) is 8.82. The van der Waals surface area contributed by atoms with E-state index in [1.165, 1.54) is 7.05 Å². The molecule has 5 nitrogen and oxygen atoms in total. The van der Waals surface area contributed by atoms with Gasteiger partial charge in [0.1, 0.15) is 0 Å². The normalized spacial score (nSPS) is 11.8. The predicted octanol–water partition coefficient (Wildman–Crippen LogP) is 1.25. The molecule has 1 aromatic carbocycles. The second-order valence-electron chi connectivity index (χ2n) is 4.21. The topological polar surface area (TPSA) is 74.9 Å². The lowest BCUT2D eigenvalue weighted by Gasteiger charge is -2.08. The van der Waals surface area contributed by atoms with Gasteiger partial charge in [0.05, 0.1) is 6.07 Å². The number of hydrogen-bond acceptors (Lipinski definition) is 3. The Morgan fingerprint density at radius 2 is 2.11 bits per heavy atom. The Labute approximate surface area is 110 Å². The van der Waals surface area contributed by atoms with Crippen LogP contribution in [-0.4, -0.2) is 23.3 Å². The smallest absolute Gasteiger partial charge is 0.245 e. The van der Waals surface area contributed by atoms with Gasteiger partial charge in [-0.15, -0.1) is 0 Å². The van der Waals surface area contributed by atoms with Gasteiger partial charge in [-0.05, 0) is 12.1 Å². The highest BCUT2D eigenvalue weighted by molar-refractivity contribution is 6.17. The van der Waals surface area contributed by atoms with Crippen molar-refractivity contribution in [3.05, 3.63) is 36.0 Å². The number of carbonyl (C=O) groups excluding carboxylic acids is 2. The number of nitrogens with one attached hydrogen (secondary N) is 1. The number of rotatable bonds is 3. The summed E-state index contributed by atoms with van der Waals surface area (Å²) >= 11 is 0. The van der Waals surface area contributed by atoms with Crippen LogP contribution >= 0.6 is 0 Å². The summed E-state index contributed by atoms with van der Waals surface area (Å²) in [5.41, 5.74) is 1.28. The minimum Gasteiger partial charge on any atom is -0.358 e. The van der Waals surface area contributed by atoms with Crippen molar-refractivity contribution in [2.24, 2.45) is 13.0 Å². The molecule has 0 aliphatic rings. The molecule has 2 rings (SSSR count). The number of aryl methyl sites for hydroxylation is 1. The molecule has 0 saturated heterocycles. The van der Waals surface area contributed by atoms with Crippen LogP contribution in [0.5, 0.6) is 0 Å². The minimum absolute atomic E-state index is 0.397. The van der Waals surface area contributed by atoms with Gasteiger partial charge in [0.15, 0.2) is 11.7 Å². The van der Waals surface area contributed by atoms with Gasteiger partial charge in [-0.1, -0.05) is 12.1 Å². The lowest BCUT2D eigenvalue weighted by Crippen LogP contribution is -2.32. The second-order valence-corrected chi connectivity index (χ2v) is 4.21. The van der Waals surface area contributed by atoms with E-state index in [1.54, 1.807) is 24.3 Å². The van der Waals surface area contributed by atoms with Gasteiger partial charge in [0, 0.05) is 36.8 Å². The quantitative estimate of drug-likeness (QED) is 0.662. The first-order chi connectivity index (χ1) is 9.10. The Morgan fingerprint density at radius 3 is 2.74 bits per heavy atom. The van der Waals surface area contributed by atoms with Gasteiger partial charge in [-0.25, -0.2) is 0 Å². The standard InChI is InChI=1S/C14H13N3O2/c1-16-14(19)11(8-15)13(18)10-4-3-5-12-9(10)6-7-17(12)2/h3-7,11H,1-2H3,(H,16,19)/t11-/m0/s1. The molecule has 5 heteroatoms. The first-order valence-corrected chi connectivity index (χ1v) is 5.79. The van der Waals surface area contributed by atoms with Crippen molar-refractivity contribution in [2.45, 2.75) is 0 Å². The number of nitriles is 1. The zero-order valence-corrected chi connectivity index (χ0v) is 10.7. The lowest BCUT2D eigenvalue weighted by molar-refractivity contribution is -0.121. The molecule has 1 amide bonds. The molecule has 0 saturated carbocycles. The first kappa shape index (κ1) is 12.8. The number of hydrogen-bond donors (Lipinski definition) is 1. The molecule has 0 aliphatic carbocycles. The maximum Gasteiger partial charge on any atom is 0.245 e. The van der Waals surface area contributed by atoms with Gasteiger partial charge in [0.2, 0.25) is 5.91 Å². The molecule has 2 aromatic rings. The van der Waals surface area contributed by atoms with Crippen molar-refractivity contribution in [1.29, 1.82) is 5.26 Å². The summed E-state index contributed by atoms with van der Waals surface area (Å²) in [6.07, 6.45) is 1.84. The predicted molar refractivity (Wildman–Crippen MR) is 70.4 cm³/mol. The third kappa shape index (κ3) is 2.08.